The van der Waals surface area contributed by atoms with Gasteiger partial charge in [-0.3, -0.25) is 4.79 Å². The van der Waals surface area contributed by atoms with E-state index in [4.69, 9.17) is 14.6 Å². The Balaban J connectivity index is 2.77. The van der Waals surface area contributed by atoms with Gasteiger partial charge in [-0.2, -0.15) is 0 Å². The van der Waals surface area contributed by atoms with Crippen LogP contribution >= 0.6 is 0 Å². The second-order valence-electron chi connectivity index (χ2n) is 8.53. The van der Waals surface area contributed by atoms with E-state index in [1.165, 1.54) is 12.2 Å². The highest BCUT2D eigenvalue weighted by Gasteiger charge is 2.34. The summed E-state index contributed by atoms with van der Waals surface area (Å²) in [4.78, 5) is 34.8. The Kier molecular flexibility index (Phi) is 12.5. The largest absolute Gasteiger partial charge is 0.455 e. The van der Waals surface area contributed by atoms with Crippen molar-refractivity contribution >= 4 is 18.2 Å². The topological polar surface area (TPSA) is 110 Å². The summed E-state index contributed by atoms with van der Waals surface area (Å²) in [5.74, 6) is -1.02. The van der Waals surface area contributed by atoms with E-state index in [9.17, 15) is 19.5 Å². The highest BCUT2D eigenvalue weighted by atomic mass is 16.6. The number of aldehydes is 1. The van der Waals surface area contributed by atoms with Crippen LogP contribution in [0.5, 0.6) is 0 Å². The lowest BCUT2D eigenvalue weighted by Gasteiger charge is -2.32. The van der Waals surface area contributed by atoms with Crippen LogP contribution in [-0.2, 0) is 23.9 Å². The molecule has 1 aliphatic heterocycles. The molecule has 0 aliphatic carbocycles. The van der Waals surface area contributed by atoms with E-state index in [1.807, 2.05) is 13.8 Å². The summed E-state index contributed by atoms with van der Waals surface area (Å²) >= 11 is 0. The van der Waals surface area contributed by atoms with Gasteiger partial charge in [-0.1, -0.05) is 37.1 Å². The number of ether oxygens (including phenoxy) is 2. The van der Waals surface area contributed by atoms with Crippen LogP contribution < -0.4 is 0 Å². The van der Waals surface area contributed by atoms with E-state index >= 15 is 0 Å². The molecular weight excluding hydrogens is 412 g/mol. The van der Waals surface area contributed by atoms with Crippen LogP contribution in [0, 0.1) is 17.8 Å². The summed E-state index contributed by atoms with van der Waals surface area (Å²) < 4.78 is 11.0. The zero-order valence-electron chi connectivity index (χ0n) is 19.4. The predicted molar refractivity (Wildman–Crippen MR) is 121 cm³/mol. The number of hydrogen-bond acceptors (Lipinski definition) is 7. The fourth-order valence-corrected chi connectivity index (χ4v) is 3.85. The number of rotatable bonds is 13. The van der Waals surface area contributed by atoms with Gasteiger partial charge in [0.2, 0.25) is 0 Å². The van der Waals surface area contributed by atoms with E-state index in [-0.39, 0.29) is 31.0 Å². The maximum Gasteiger partial charge on any atom is 0.331 e. The highest BCUT2D eigenvalue weighted by Crippen LogP contribution is 2.27. The quantitative estimate of drug-likeness (QED) is 0.193. The van der Waals surface area contributed by atoms with Gasteiger partial charge in [0.25, 0.3) is 0 Å². The summed E-state index contributed by atoms with van der Waals surface area (Å²) in [6.07, 6.45) is 10.4. The molecule has 5 atom stereocenters. The summed E-state index contributed by atoms with van der Waals surface area (Å²) in [6.45, 7) is 7.59. The monoisotopic (exact) mass is 448 g/mol. The molecule has 2 N–H and O–H groups in total. The predicted octanol–water partition coefficient (Wildman–Crippen LogP) is 3.07. The first-order valence-electron chi connectivity index (χ1n) is 11.0. The van der Waals surface area contributed by atoms with Gasteiger partial charge in [0.15, 0.2) is 6.10 Å². The zero-order chi connectivity index (χ0) is 24.1. The van der Waals surface area contributed by atoms with Gasteiger partial charge in [-0.05, 0) is 57.1 Å². The first-order chi connectivity index (χ1) is 15.2. The second kappa shape index (κ2) is 14.5. The van der Waals surface area contributed by atoms with Crippen molar-refractivity contribution < 1.29 is 34.1 Å². The number of carbonyl (C=O) groups is 3. The molecule has 0 unspecified atom stereocenters. The Morgan fingerprint density at radius 2 is 1.97 bits per heavy atom. The van der Waals surface area contributed by atoms with E-state index < -0.39 is 24.1 Å². The van der Waals surface area contributed by atoms with Crippen molar-refractivity contribution in [1.82, 2.24) is 0 Å². The van der Waals surface area contributed by atoms with Crippen molar-refractivity contribution in [3.8, 4) is 0 Å². The van der Waals surface area contributed by atoms with Crippen LogP contribution in [0.1, 0.15) is 47.0 Å². The third kappa shape index (κ3) is 10.2. The molecule has 0 aromatic rings. The molecule has 7 heteroatoms. The van der Waals surface area contributed by atoms with Gasteiger partial charge >= 0.3 is 11.9 Å². The van der Waals surface area contributed by atoms with Crippen molar-refractivity contribution in [2.24, 2.45) is 17.8 Å². The van der Waals surface area contributed by atoms with Gasteiger partial charge in [0.1, 0.15) is 12.4 Å². The van der Waals surface area contributed by atoms with Gasteiger partial charge in [-0.25, -0.2) is 9.59 Å². The molecule has 32 heavy (non-hydrogen) atoms. The molecule has 0 aromatic carbocycles. The number of aliphatic hydroxyl groups is 2. The van der Waals surface area contributed by atoms with Crippen LogP contribution in [0.2, 0.25) is 0 Å². The Labute approximate surface area is 190 Å². The lowest BCUT2D eigenvalue weighted by atomic mass is 9.86. The Bertz CT molecular complexity index is 747. The summed E-state index contributed by atoms with van der Waals surface area (Å²) in [6, 6.07) is 0. The maximum absolute atomic E-state index is 12.3. The van der Waals surface area contributed by atoms with Gasteiger partial charge in [0.05, 0.1) is 0 Å². The third-order valence-electron chi connectivity index (χ3n) is 5.32. The number of cyclic esters (lactones) is 1. The second-order valence-corrected chi connectivity index (χ2v) is 8.53. The molecule has 0 bridgehead atoms. The average molecular weight is 449 g/mol. The standard InChI is InChI=1S/C25H36O7/c1-17(15-21(16-28)10-12-27)5-7-23(29)31-22-6-8-24(30)32-25(22)20(4)14-19(3)13-18(2)9-11-26/h5-9,11,15,19-22,25,27-28H,10,12-14,16H2,1-4H3/b7-5+,17-15+,18-9-/t19-,20-,21-,22+,25+/m0/s1. The fourth-order valence-electron chi connectivity index (χ4n) is 3.85. The zero-order valence-corrected chi connectivity index (χ0v) is 19.4. The number of hydrogen-bond donors (Lipinski definition) is 2. The molecule has 1 heterocycles. The van der Waals surface area contributed by atoms with E-state index in [0.717, 1.165) is 30.3 Å². The molecule has 0 saturated carbocycles. The molecule has 178 valence electrons. The molecule has 0 saturated heterocycles. The summed E-state index contributed by atoms with van der Waals surface area (Å²) in [5, 5.41) is 18.3. The third-order valence-corrected chi connectivity index (χ3v) is 5.32. The van der Waals surface area contributed by atoms with Crippen LogP contribution in [0.25, 0.3) is 0 Å². The first-order valence-corrected chi connectivity index (χ1v) is 11.0. The normalized spacial score (nSPS) is 22.4. The molecule has 0 spiro atoms. The van der Waals surface area contributed by atoms with Crippen LogP contribution in [0.15, 0.2) is 47.6 Å². The average Bonchev–Trinajstić information content (AvgIpc) is 2.73. The maximum atomic E-state index is 12.3. The number of carbonyl (C=O) groups excluding carboxylic acids is 3. The first kappa shape index (κ1) is 27.5. The van der Waals surface area contributed by atoms with E-state index in [1.54, 1.807) is 31.2 Å². The number of esters is 2. The molecular formula is C25H36O7. The summed E-state index contributed by atoms with van der Waals surface area (Å²) in [7, 11) is 0. The molecule has 0 aromatic heterocycles. The Morgan fingerprint density at radius 3 is 2.59 bits per heavy atom. The SMILES string of the molecule is C/C(=C/C=O)C[C@H](C)C[C@H](C)[C@H]1OC(=O)C=C[C@H]1OC(=O)/C=C/C(C)=C/[C@@H](CO)CCO. The van der Waals surface area contributed by atoms with Gasteiger partial charge in [-0.15, -0.1) is 0 Å². The lowest BCUT2D eigenvalue weighted by molar-refractivity contribution is -0.164. The van der Waals surface area contributed by atoms with Crippen LogP contribution in [0.3, 0.4) is 0 Å². The highest BCUT2D eigenvalue weighted by molar-refractivity contribution is 5.85. The van der Waals surface area contributed by atoms with Crippen molar-refractivity contribution in [3.63, 3.8) is 0 Å². The van der Waals surface area contributed by atoms with Crippen molar-refractivity contribution in [1.29, 1.82) is 0 Å². The van der Waals surface area contributed by atoms with E-state index in [2.05, 4.69) is 6.92 Å². The van der Waals surface area contributed by atoms with Crippen molar-refractivity contribution in [2.45, 2.75) is 59.2 Å². The van der Waals surface area contributed by atoms with Gasteiger partial charge in [0, 0.05) is 31.3 Å². The molecule has 1 aliphatic rings. The minimum absolute atomic E-state index is 0.0291. The van der Waals surface area contributed by atoms with Crippen LogP contribution in [0.4, 0.5) is 0 Å². The number of allylic oxidation sites excluding steroid dienone is 4. The van der Waals surface area contributed by atoms with Crippen LogP contribution in [-0.4, -0.2) is 53.9 Å². The Hall–Kier alpha value is -2.51. The smallest absolute Gasteiger partial charge is 0.331 e. The Morgan fingerprint density at radius 1 is 1.25 bits per heavy atom. The minimum Gasteiger partial charge on any atom is -0.455 e. The van der Waals surface area contributed by atoms with Crippen molar-refractivity contribution in [3.05, 3.63) is 47.6 Å². The number of aliphatic hydroxyl groups excluding tert-OH is 2. The molecule has 0 fully saturated rings. The molecule has 0 radical (unpaired) electrons. The van der Waals surface area contributed by atoms with E-state index in [0.29, 0.717) is 6.42 Å². The molecule has 0 amide bonds. The molecule has 7 nitrogen and oxygen atoms in total. The van der Waals surface area contributed by atoms with Gasteiger partial charge < -0.3 is 19.7 Å². The summed E-state index contributed by atoms with van der Waals surface area (Å²) in [5.41, 5.74) is 1.75. The van der Waals surface area contributed by atoms with Crippen molar-refractivity contribution in [2.75, 3.05) is 13.2 Å². The lowest BCUT2D eigenvalue weighted by Crippen LogP contribution is -2.41. The fraction of sp³-hybridized carbons (Fsp3) is 0.560. The minimum atomic E-state index is -0.692. The molecule has 1 rings (SSSR count).